The molecule has 0 fully saturated rings. The first-order valence-electron chi connectivity index (χ1n) is 8.55. The van der Waals surface area contributed by atoms with E-state index in [1.54, 1.807) is 6.20 Å². The van der Waals surface area contributed by atoms with Crippen LogP contribution in [0.2, 0.25) is 0 Å². The molecule has 1 heterocycles. The van der Waals surface area contributed by atoms with Crippen molar-refractivity contribution in [1.82, 2.24) is 9.55 Å². The molecule has 0 radical (unpaired) electrons. The number of para-hydroxylation sites is 1. The van der Waals surface area contributed by atoms with Gasteiger partial charge in [-0.25, -0.2) is 4.98 Å². The Labute approximate surface area is 158 Å². The number of imidazole rings is 1. The third-order valence-corrected chi connectivity index (χ3v) is 5.42. The van der Waals surface area contributed by atoms with Gasteiger partial charge in [-0.3, -0.25) is 9.36 Å². The number of aromatic nitrogens is 2. The zero-order chi connectivity index (χ0) is 18.7. The van der Waals surface area contributed by atoms with Crippen molar-refractivity contribution in [3.05, 3.63) is 71.0 Å². The summed E-state index contributed by atoms with van der Waals surface area (Å²) in [5, 5.41) is 3.83. The van der Waals surface area contributed by atoms with E-state index in [4.69, 9.17) is 0 Å². The average molecular weight is 366 g/mol. The number of nitrogens with one attached hydrogen (secondary N) is 1. The molecule has 1 amide bonds. The number of thioether (sulfide) groups is 1. The molecule has 26 heavy (non-hydrogen) atoms. The van der Waals surface area contributed by atoms with Crippen molar-refractivity contribution in [2.24, 2.45) is 0 Å². The first-order chi connectivity index (χ1) is 12.5. The molecule has 1 N–H and O–H groups in total. The van der Waals surface area contributed by atoms with Crippen molar-refractivity contribution < 1.29 is 4.79 Å². The van der Waals surface area contributed by atoms with E-state index in [1.807, 2.05) is 42.8 Å². The SMILES string of the molecule is Cc1ccc(-n2ccnc2SCC(=O)Nc2c(C)cccc2C)cc1C. The Kier molecular flexibility index (Phi) is 5.47. The maximum atomic E-state index is 12.4. The zero-order valence-electron chi connectivity index (χ0n) is 15.5. The fraction of sp³-hybridized carbons (Fsp3) is 0.238. The minimum Gasteiger partial charge on any atom is -0.325 e. The van der Waals surface area contributed by atoms with Gasteiger partial charge in [0, 0.05) is 23.8 Å². The Bertz CT molecular complexity index is 926. The van der Waals surface area contributed by atoms with Crippen LogP contribution in [0.1, 0.15) is 22.3 Å². The van der Waals surface area contributed by atoms with Gasteiger partial charge in [-0.15, -0.1) is 0 Å². The Balaban J connectivity index is 1.70. The van der Waals surface area contributed by atoms with Gasteiger partial charge in [0.1, 0.15) is 0 Å². The van der Waals surface area contributed by atoms with E-state index < -0.39 is 0 Å². The molecule has 1 aromatic heterocycles. The van der Waals surface area contributed by atoms with Crippen LogP contribution in [0.15, 0.2) is 53.9 Å². The van der Waals surface area contributed by atoms with Crippen LogP contribution in [0.25, 0.3) is 5.69 Å². The van der Waals surface area contributed by atoms with E-state index in [0.717, 1.165) is 27.7 Å². The van der Waals surface area contributed by atoms with Gasteiger partial charge in [-0.2, -0.15) is 0 Å². The maximum Gasteiger partial charge on any atom is 0.234 e. The molecule has 0 aliphatic carbocycles. The standard InChI is InChI=1S/C21H23N3OS/c1-14-8-9-18(12-17(14)4)24-11-10-22-21(24)26-13-19(25)23-20-15(2)6-5-7-16(20)3/h5-12H,13H2,1-4H3,(H,23,25). The molecule has 0 saturated heterocycles. The minimum absolute atomic E-state index is 0.0259. The highest BCUT2D eigenvalue weighted by molar-refractivity contribution is 7.99. The number of hydrogen-bond donors (Lipinski definition) is 1. The van der Waals surface area contributed by atoms with E-state index in [0.29, 0.717) is 5.75 Å². The summed E-state index contributed by atoms with van der Waals surface area (Å²) >= 11 is 1.44. The second-order valence-corrected chi connectivity index (χ2v) is 7.39. The van der Waals surface area contributed by atoms with Crippen LogP contribution in [-0.4, -0.2) is 21.2 Å². The second-order valence-electron chi connectivity index (χ2n) is 6.45. The maximum absolute atomic E-state index is 12.4. The lowest BCUT2D eigenvalue weighted by molar-refractivity contribution is -0.113. The van der Waals surface area contributed by atoms with E-state index in [2.05, 4.69) is 42.3 Å². The number of benzene rings is 2. The average Bonchev–Trinajstić information content (AvgIpc) is 3.07. The van der Waals surface area contributed by atoms with Gasteiger partial charge in [-0.05, 0) is 62.1 Å². The highest BCUT2D eigenvalue weighted by atomic mass is 32.2. The van der Waals surface area contributed by atoms with Crippen LogP contribution in [0.5, 0.6) is 0 Å². The summed E-state index contributed by atoms with van der Waals surface area (Å²) in [6.07, 6.45) is 3.69. The third-order valence-electron chi connectivity index (χ3n) is 4.45. The van der Waals surface area contributed by atoms with Crippen molar-refractivity contribution in [2.75, 3.05) is 11.1 Å². The third kappa shape index (κ3) is 3.99. The molecule has 0 bridgehead atoms. The van der Waals surface area contributed by atoms with Crippen LogP contribution in [0, 0.1) is 27.7 Å². The number of nitrogens with zero attached hydrogens (tertiary/aromatic N) is 2. The molecule has 4 nitrogen and oxygen atoms in total. The van der Waals surface area contributed by atoms with Crippen molar-refractivity contribution in [1.29, 1.82) is 0 Å². The smallest absolute Gasteiger partial charge is 0.234 e. The molecule has 3 rings (SSSR count). The summed E-state index contributed by atoms with van der Waals surface area (Å²) in [4.78, 5) is 16.8. The van der Waals surface area contributed by atoms with Gasteiger partial charge in [0.2, 0.25) is 5.91 Å². The molecule has 0 atom stereocenters. The lowest BCUT2D eigenvalue weighted by atomic mass is 10.1. The summed E-state index contributed by atoms with van der Waals surface area (Å²) < 4.78 is 2.02. The normalized spacial score (nSPS) is 10.8. The fourth-order valence-electron chi connectivity index (χ4n) is 2.79. The number of carbonyl (C=O) groups excluding carboxylic acids is 1. The first-order valence-corrected chi connectivity index (χ1v) is 9.54. The van der Waals surface area contributed by atoms with Gasteiger partial charge in [-0.1, -0.05) is 36.0 Å². The Morgan fingerprint density at radius 3 is 2.46 bits per heavy atom. The Morgan fingerprint density at radius 1 is 1.04 bits per heavy atom. The Hall–Kier alpha value is -2.53. The van der Waals surface area contributed by atoms with Crippen molar-refractivity contribution in [3.63, 3.8) is 0 Å². The van der Waals surface area contributed by atoms with E-state index >= 15 is 0 Å². The molecule has 0 aliphatic rings. The van der Waals surface area contributed by atoms with Crippen LogP contribution in [0.3, 0.4) is 0 Å². The fourth-order valence-corrected chi connectivity index (χ4v) is 3.56. The molecule has 0 aliphatic heterocycles. The van der Waals surface area contributed by atoms with Crippen molar-refractivity contribution in [3.8, 4) is 5.69 Å². The van der Waals surface area contributed by atoms with Gasteiger partial charge < -0.3 is 5.32 Å². The van der Waals surface area contributed by atoms with E-state index in [9.17, 15) is 4.79 Å². The molecule has 0 unspecified atom stereocenters. The first kappa shape index (κ1) is 18.3. The molecule has 2 aromatic carbocycles. The van der Waals surface area contributed by atoms with E-state index in [-0.39, 0.29) is 5.91 Å². The number of hydrogen-bond acceptors (Lipinski definition) is 3. The van der Waals surface area contributed by atoms with Gasteiger partial charge in [0.25, 0.3) is 0 Å². The summed E-state index contributed by atoms with van der Waals surface area (Å²) in [6.45, 7) is 8.20. The van der Waals surface area contributed by atoms with Gasteiger partial charge in [0.05, 0.1) is 5.75 Å². The summed E-state index contributed by atoms with van der Waals surface area (Å²) in [6, 6.07) is 12.3. The van der Waals surface area contributed by atoms with Crippen molar-refractivity contribution >= 4 is 23.4 Å². The van der Waals surface area contributed by atoms with Crippen LogP contribution in [-0.2, 0) is 4.79 Å². The summed E-state index contributed by atoms with van der Waals surface area (Å²) in [5.41, 5.74) is 6.59. The van der Waals surface area contributed by atoms with Crippen LogP contribution in [0.4, 0.5) is 5.69 Å². The van der Waals surface area contributed by atoms with Crippen LogP contribution < -0.4 is 5.32 Å². The molecular weight excluding hydrogens is 342 g/mol. The van der Waals surface area contributed by atoms with Crippen LogP contribution >= 0.6 is 11.8 Å². The lowest BCUT2D eigenvalue weighted by Crippen LogP contribution is -2.16. The summed E-state index contributed by atoms with van der Waals surface area (Å²) in [5.74, 6) is 0.289. The predicted octanol–water partition coefficient (Wildman–Crippen LogP) is 4.84. The number of anilines is 1. The topological polar surface area (TPSA) is 46.9 Å². The highest BCUT2D eigenvalue weighted by Gasteiger charge is 2.11. The summed E-state index contributed by atoms with van der Waals surface area (Å²) in [7, 11) is 0. The second kappa shape index (κ2) is 7.79. The Morgan fingerprint density at radius 2 is 1.77 bits per heavy atom. The minimum atomic E-state index is -0.0259. The van der Waals surface area contributed by atoms with Crippen molar-refractivity contribution in [2.45, 2.75) is 32.9 Å². The number of rotatable bonds is 5. The quantitative estimate of drug-likeness (QED) is 0.658. The number of carbonyl (C=O) groups is 1. The molecule has 134 valence electrons. The van der Waals surface area contributed by atoms with E-state index in [1.165, 1.54) is 22.9 Å². The monoisotopic (exact) mass is 365 g/mol. The van der Waals surface area contributed by atoms with Gasteiger partial charge >= 0.3 is 0 Å². The lowest BCUT2D eigenvalue weighted by Gasteiger charge is -2.12. The molecular formula is C21H23N3OS. The number of amides is 1. The molecule has 0 spiro atoms. The molecule has 5 heteroatoms. The predicted molar refractivity (Wildman–Crippen MR) is 108 cm³/mol. The molecule has 3 aromatic rings. The number of aryl methyl sites for hydroxylation is 4. The highest BCUT2D eigenvalue weighted by Crippen LogP contribution is 2.23. The van der Waals surface area contributed by atoms with Gasteiger partial charge in [0.15, 0.2) is 5.16 Å². The largest absolute Gasteiger partial charge is 0.325 e. The zero-order valence-corrected chi connectivity index (χ0v) is 16.4. The molecule has 0 saturated carbocycles.